The zero-order chi connectivity index (χ0) is 16.6. The third kappa shape index (κ3) is 2.87. The van der Waals surface area contributed by atoms with Gasteiger partial charge < -0.3 is 4.90 Å². The number of fused-ring (bicyclic) bond motifs is 1. The molecule has 8 heteroatoms. The van der Waals surface area contributed by atoms with Gasteiger partial charge >= 0.3 is 0 Å². The van der Waals surface area contributed by atoms with Crippen molar-refractivity contribution in [2.24, 2.45) is 0 Å². The van der Waals surface area contributed by atoms with Gasteiger partial charge in [0.15, 0.2) is 0 Å². The number of benzene rings is 1. The van der Waals surface area contributed by atoms with Crippen LogP contribution < -0.4 is 0 Å². The van der Waals surface area contributed by atoms with Gasteiger partial charge in [0, 0.05) is 13.2 Å². The molecular formula is C15H13Cl2N5O. The lowest BCUT2D eigenvalue weighted by Crippen LogP contribution is -2.30. The van der Waals surface area contributed by atoms with E-state index in [0.29, 0.717) is 26.8 Å². The third-order valence-corrected chi connectivity index (χ3v) is 4.52. The summed E-state index contributed by atoms with van der Waals surface area (Å²) in [4.78, 5) is 18.5. The Morgan fingerprint density at radius 1 is 1.22 bits per heavy atom. The largest absolute Gasteiger partial charge is 0.335 e. The second-order valence-electron chi connectivity index (χ2n) is 5.12. The molecule has 1 atom stereocenters. The zero-order valence-corrected chi connectivity index (χ0v) is 13.9. The summed E-state index contributed by atoms with van der Waals surface area (Å²) in [7, 11) is 1.72. The lowest BCUT2D eigenvalue weighted by atomic mass is 10.1. The molecular weight excluding hydrogens is 337 g/mol. The lowest BCUT2D eigenvalue weighted by molar-refractivity contribution is 0.0744. The monoisotopic (exact) mass is 349 g/mol. The molecule has 3 aromatic rings. The highest BCUT2D eigenvalue weighted by atomic mass is 35.5. The summed E-state index contributed by atoms with van der Waals surface area (Å²) in [5.41, 5.74) is 2.19. The average Bonchev–Trinajstić information content (AvgIpc) is 3.04. The number of amides is 1. The number of hydrogen-bond donors (Lipinski definition) is 1. The standard InChI is InChI=1S/C15H13Cl2N5O/c1-8(9-3-4-11(16)12(17)7-9)22(2)15(23)10-5-6-18-14-13(10)19-21-20-14/h3-8H,1-2H3,(H,18,19,20,21). The summed E-state index contributed by atoms with van der Waals surface area (Å²) in [6.45, 7) is 1.92. The maximum atomic E-state index is 12.8. The van der Waals surface area contributed by atoms with Crippen molar-refractivity contribution in [1.29, 1.82) is 0 Å². The summed E-state index contributed by atoms with van der Waals surface area (Å²) >= 11 is 12.0. The molecule has 2 heterocycles. The molecule has 0 aliphatic rings. The smallest absolute Gasteiger partial charge is 0.256 e. The maximum Gasteiger partial charge on any atom is 0.256 e. The molecule has 0 saturated carbocycles. The minimum absolute atomic E-state index is 0.176. The number of nitrogens with zero attached hydrogens (tertiary/aromatic N) is 4. The molecule has 0 aliphatic heterocycles. The van der Waals surface area contributed by atoms with E-state index in [2.05, 4.69) is 20.4 Å². The van der Waals surface area contributed by atoms with Gasteiger partial charge in [-0.2, -0.15) is 10.3 Å². The van der Waals surface area contributed by atoms with Gasteiger partial charge in [-0.25, -0.2) is 4.98 Å². The van der Waals surface area contributed by atoms with Gasteiger partial charge in [-0.05, 0) is 30.7 Å². The minimum atomic E-state index is -0.188. The fourth-order valence-corrected chi connectivity index (χ4v) is 2.60. The molecule has 0 radical (unpaired) electrons. The molecule has 0 saturated heterocycles. The number of carbonyl (C=O) groups is 1. The zero-order valence-electron chi connectivity index (χ0n) is 12.4. The first-order valence-corrected chi connectivity index (χ1v) is 7.62. The maximum absolute atomic E-state index is 12.8. The van der Waals surface area contributed by atoms with E-state index in [-0.39, 0.29) is 11.9 Å². The molecule has 0 spiro atoms. The van der Waals surface area contributed by atoms with Gasteiger partial charge in [-0.3, -0.25) is 4.79 Å². The average molecular weight is 350 g/mol. The fraction of sp³-hybridized carbons (Fsp3) is 0.200. The van der Waals surface area contributed by atoms with E-state index < -0.39 is 0 Å². The molecule has 3 rings (SSSR count). The van der Waals surface area contributed by atoms with E-state index in [1.807, 2.05) is 13.0 Å². The normalized spacial score (nSPS) is 12.3. The van der Waals surface area contributed by atoms with E-state index in [1.165, 1.54) is 6.20 Å². The number of halogens is 2. The Kier molecular flexibility index (Phi) is 4.19. The number of aromatic amines is 1. The van der Waals surface area contributed by atoms with Crippen LogP contribution in [0.1, 0.15) is 28.9 Å². The molecule has 0 bridgehead atoms. The van der Waals surface area contributed by atoms with E-state index in [1.54, 1.807) is 30.1 Å². The van der Waals surface area contributed by atoms with Gasteiger partial charge in [0.05, 0.1) is 21.7 Å². The van der Waals surface area contributed by atoms with Crippen molar-refractivity contribution in [3.63, 3.8) is 0 Å². The number of H-pyrrole nitrogens is 1. The van der Waals surface area contributed by atoms with Crippen LogP contribution in [0.3, 0.4) is 0 Å². The Hall–Kier alpha value is -2.18. The van der Waals surface area contributed by atoms with Gasteiger partial charge in [-0.15, -0.1) is 5.10 Å². The van der Waals surface area contributed by atoms with E-state index >= 15 is 0 Å². The van der Waals surface area contributed by atoms with Gasteiger partial charge in [0.2, 0.25) is 5.65 Å². The molecule has 0 aliphatic carbocycles. The summed E-state index contributed by atoms with van der Waals surface area (Å²) < 4.78 is 0. The predicted octanol–water partition coefficient (Wildman–Crippen LogP) is 3.49. The highest BCUT2D eigenvalue weighted by Gasteiger charge is 2.22. The van der Waals surface area contributed by atoms with Crippen molar-refractivity contribution in [3.05, 3.63) is 51.6 Å². The Morgan fingerprint density at radius 2 is 2.00 bits per heavy atom. The first-order valence-electron chi connectivity index (χ1n) is 6.86. The molecule has 1 aromatic carbocycles. The second kappa shape index (κ2) is 6.14. The Morgan fingerprint density at radius 3 is 2.74 bits per heavy atom. The number of aromatic nitrogens is 4. The van der Waals surface area contributed by atoms with E-state index in [9.17, 15) is 4.79 Å². The Balaban J connectivity index is 1.92. The SMILES string of the molecule is CC(c1ccc(Cl)c(Cl)c1)N(C)C(=O)c1ccnc2n[nH]nc12. The van der Waals surface area contributed by atoms with Crippen molar-refractivity contribution in [2.45, 2.75) is 13.0 Å². The van der Waals surface area contributed by atoms with Crippen LogP contribution >= 0.6 is 23.2 Å². The summed E-state index contributed by atoms with van der Waals surface area (Å²) in [6, 6.07) is 6.77. The highest BCUT2D eigenvalue weighted by Crippen LogP contribution is 2.28. The lowest BCUT2D eigenvalue weighted by Gasteiger charge is -2.25. The van der Waals surface area contributed by atoms with E-state index in [0.717, 1.165) is 5.56 Å². The van der Waals surface area contributed by atoms with Crippen molar-refractivity contribution in [3.8, 4) is 0 Å². The van der Waals surface area contributed by atoms with Gasteiger partial charge in [0.25, 0.3) is 5.91 Å². The number of pyridine rings is 1. The molecule has 23 heavy (non-hydrogen) atoms. The molecule has 0 fully saturated rings. The van der Waals surface area contributed by atoms with Crippen LogP contribution in [0.5, 0.6) is 0 Å². The van der Waals surface area contributed by atoms with Crippen molar-refractivity contribution in [1.82, 2.24) is 25.3 Å². The fourth-order valence-electron chi connectivity index (χ4n) is 2.29. The van der Waals surface area contributed by atoms with Crippen LogP contribution in [0.2, 0.25) is 10.0 Å². The number of carbonyl (C=O) groups excluding carboxylic acids is 1. The molecule has 1 N–H and O–H groups in total. The Bertz CT molecular complexity index is 879. The van der Waals surface area contributed by atoms with Crippen LogP contribution in [0.25, 0.3) is 11.2 Å². The number of nitrogens with one attached hydrogen (secondary N) is 1. The summed E-state index contributed by atoms with van der Waals surface area (Å²) in [5.74, 6) is -0.176. The van der Waals surface area contributed by atoms with Gasteiger partial charge in [0.1, 0.15) is 5.52 Å². The first-order chi connectivity index (χ1) is 11.0. The summed E-state index contributed by atoms with van der Waals surface area (Å²) in [5, 5.41) is 11.3. The summed E-state index contributed by atoms with van der Waals surface area (Å²) in [6.07, 6.45) is 1.54. The van der Waals surface area contributed by atoms with Crippen LogP contribution in [-0.2, 0) is 0 Å². The third-order valence-electron chi connectivity index (χ3n) is 3.78. The van der Waals surface area contributed by atoms with Gasteiger partial charge in [-0.1, -0.05) is 29.3 Å². The van der Waals surface area contributed by atoms with Crippen LogP contribution in [0.4, 0.5) is 0 Å². The number of rotatable bonds is 3. The predicted molar refractivity (Wildman–Crippen MR) is 88.7 cm³/mol. The molecule has 2 aromatic heterocycles. The molecule has 6 nitrogen and oxygen atoms in total. The first kappa shape index (κ1) is 15.7. The topological polar surface area (TPSA) is 74.8 Å². The molecule has 118 valence electrons. The van der Waals surface area contributed by atoms with E-state index in [4.69, 9.17) is 23.2 Å². The number of hydrogen-bond acceptors (Lipinski definition) is 4. The van der Waals surface area contributed by atoms with Crippen molar-refractivity contribution >= 4 is 40.3 Å². The van der Waals surface area contributed by atoms with Crippen molar-refractivity contribution < 1.29 is 4.79 Å². The van der Waals surface area contributed by atoms with Crippen molar-refractivity contribution in [2.75, 3.05) is 7.05 Å². The highest BCUT2D eigenvalue weighted by molar-refractivity contribution is 6.42. The molecule has 1 amide bonds. The van der Waals surface area contributed by atoms with Crippen LogP contribution in [0.15, 0.2) is 30.5 Å². The minimum Gasteiger partial charge on any atom is -0.335 e. The quantitative estimate of drug-likeness (QED) is 0.785. The Labute approximate surface area is 142 Å². The van der Waals surface area contributed by atoms with Crippen LogP contribution in [-0.4, -0.2) is 38.2 Å². The second-order valence-corrected chi connectivity index (χ2v) is 5.93. The van der Waals surface area contributed by atoms with Crippen LogP contribution in [0, 0.1) is 0 Å². The molecule has 1 unspecified atom stereocenters.